The number of carboxylic acids is 1. The lowest BCUT2D eigenvalue weighted by molar-refractivity contribution is -0.141. The molecule has 0 saturated carbocycles. The summed E-state index contributed by atoms with van der Waals surface area (Å²) in [6.45, 7) is 2.57. The van der Waals surface area contributed by atoms with Crippen LogP contribution >= 0.6 is 0 Å². The summed E-state index contributed by atoms with van der Waals surface area (Å²) < 4.78 is 5.53. The number of nitrogens with zero attached hydrogens (tertiary/aromatic N) is 1. The fourth-order valence-electron chi connectivity index (χ4n) is 3.48. The summed E-state index contributed by atoms with van der Waals surface area (Å²) in [7, 11) is 0. The molecule has 1 aliphatic heterocycles. The number of aliphatic hydroxyl groups is 2. The number of carbonyl (C=O) groups is 3. The molecule has 9 N–H and O–H groups in total. The minimum absolute atomic E-state index is 0.175. The predicted octanol–water partition coefficient (Wildman–Crippen LogP) is -1.30. The molecule has 1 heterocycles. The van der Waals surface area contributed by atoms with Gasteiger partial charge in [-0.25, -0.2) is 9.79 Å². The van der Waals surface area contributed by atoms with Gasteiger partial charge in [-0.2, -0.15) is 0 Å². The maximum Gasteiger partial charge on any atom is 0.370 e. The van der Waals surface area contributed by atoms with E-state index in [1.165, 1.54) is 6.92 Å². The van der Waals surface area contributed by atoms with Crippen LogP contribution in [-0.2, 0) is 19.1 Å². The first kappa shape index (κ1) is 27.2. The minimum atomic E-state index is -1.51. The van der Waals surface area contributed by atoms with Crippen LogP contribution in [-0.4, -0.2) is 76.0 Å². The Labute approximate surface area is 187 Å². The molecule has 2 amide bonds. The van der Waals surface area contributed by atoms with E-state index in [9.17, 15) is 29.7 Å². The van der Waals surface area contributed by atoms with Gasteiger partial charge in [0.1, 0.15) is 12.2 Å². The molecule has 0 saturated heterocycles. The summed E-state index contributed by atoms with van der Waals surface area (Å²) in [6, 6.07) is -3.33. The number of unbranched alkanes of at least 4 members (excludes halogenated alkanes) is 4. The second-order valence-corrected chi connectivity index (χ2v) is 7.70. The molecule has 0 aromatic carbocycles. The number of nitrogens with one attached hydrogen (secondary N) is 2. The molecule has 12 heteroatoms. The second-order valence-electron chi connectivity index (χ2n) is 7.70. The molecular weight excluding hydrogens is 422 g/mol. The number of guanidine groups is 1. The lowest BCUT2D eigenvalue weighted by atomic mass is 9.90. The van der Waals surface area contributed by atoms with Crippen molar-refractivity contribution < 1.29 is 34.4 Å². The number of carbonyl (C=O) groups excluding carboxylic acids is 2. The summed E-state index contributed by atoms with van der Waals surface area (Å²) >= 11 is 0. The van der Waals surface area contributed by atoms with Crippen LogP contribution in [0.1, 0.15) is 52.4 Å². The summed E-state index contributed by atoms with van der Waals surface area (Å²) in [5.74, 6) is -3.20. The molecule has 0 bridgehead atoms. The molecule has 0 fully saturated rings. The van der Waals surface area contributed by atoms with E-state index in [0.717, 1.165) is 31.8 Å². The Morgan fingerprint density at radius 3 is 2.41 bits per heavy atom. The molecule has 5 atom stereocenters. The van der Waals surface area contributed by atoms with Gasteiger partial charge in [0.2, 0.25) is 17.6 Å². The summed E-state index contributed by atoms with van der Waals surface area (Å²) in [4.78, 5) is 39.9. The number of hydrogen-bond donors (Lipinski definition) is 7. The molecule has 0 aromatic heterocycles. The minimum Gasteiger partial charge on any atom is -0.479 e. The topological polar surface area (TPSA) is 210 Å². The monoisotopic (exact) mass is 457 g/mol. The van der Waals surface area contributed by atoms with E-state index in [0.29, 0.717) is 6.42 Å². The van der Waals surface area contributed by atoms with Crippen molar-refractivity contribution in [2.45, 2.75) is 82.7 Å². The highest BCUT2D eigenvalue weighted by molar-refractivity contribution is 5.85. The number of hydrogen-bond acceptors (Lipinski definition) is 7. The van der Waals surface area contributed by atoms with Gasteiger partial charge in [-0.1, -0.05) is 32.6 Å². The van der Waals surface area contributed by atoms with Gasteiger partial charge in [0.15, 0.2) is 5.96 Å². The smallest absolute Gasteiger partial charge is 0.370 e. The maximum absolute atomic E-state index is 12.5. The maximum atomic E-state index is 12.5. The van der Waals surface area contributed by atoms with Crippen molar-refractivity contribution in [1.82, 2.24) is 10.6 Å². The number of aliphatic carboxylic acids is 1. The van der Waals surface area contributed by atoms with Crippen molar-refractivity contribution >= 4 is 23.7 Å². The highest BCUT2D eigenvalue weighted by Gasteiger charge is 2.44. The molecule has 0 aromatic rings. The van der Waals surface area contributed by atoms with Crippen LogP contribution in [0.15, 0.2) is 16.8 Å². The molecule has 32 heavy (non-hydrogen) atoms. The van der Waals surface area contributed by atoms with Crippen LogP contribution in [0.5, 0.6) is 0 Å². The molecule has 0 aliphatic carbocycles. The first-order chi connectivity index (χ1) is 15.1. The lowest BCUT2D eigenvalue weighted by Gasteiger charge is -2.40. The zero-order valence-electron chi connectivity index (χ0n) is 18.5. The van der Waals surface area contributed by atoms with Crippen LogP contribution in [0, 0.1) is 0 Å². The molecule has 182 valence electrons. The zero-order valence-corrected chi connectivity index (χ0v) is 18.5. The SMILES string of the molecule is CCCCCCCC(=O)N[C@@H]([C@@H]1OC(C(=O)O)=C[C@H](N=C(N)N)[C@H]1NC(C)=O)[C@H](O)CO. The molecule has 0 unspecified atom stereocenters. The quantitative estimate of drug-likeness (QED) is 0.0993. The summed E-state index contributed by atoms with van der Waals surface area (Å²) in [6.07, 6.45) is 3.13. The number of aliphatic imine (C=N–C) groups is 1. The van der Waals surface area contributed by atoms with Gasteiger partial charge >= 0.3 is 5.97 Å². The van der Waals surface area contributed by atoms with Crippen molar-refractivity contribution in [3.63, 3.8) is 0 Å². The lowest BCUT2D eigenvalue weighted by Crippen LogP contribution is -2.64. The third kappa shape index (κ3) is 8.71. The first-order valence-corrected chi connectivity index (χ1v) is 10.7. The van der Waals surface area contributed by atoms with Gasteiger partial charge in [0.05, 0.1) is 24.7 Å². The van der Waals surface area contributed by atoms with Crippen LogP contribution in [0.3, 0.4) is 0 Å². The van der Waals surface area contributed by atoms with Crippen LogP contribution in [0.4, 0.5) is 0 Å². The van der Waals surface area contributed by atoms with Gasteiger partial charge in [0, 0.05) is 13.3 Å². The van der Waals surface area contributed by atoms with E-state index in [1.807, 2.05) is 0 Å². The Morgan fingerprint density at radius 1 is 1.22 bits per heavy atom. The van der Waals surface area contributed by atoms with E-state index in [2.05, 4.69) is 22.5 Å². The van der Waals surface area contributed by atoms with E-state index in [-0.39, 0.29) is 12.4 Å². The van der Waals surface area contributed by atoms with Crippen molar-refractivity contribution in [2.75, 3.05) is 6.61 Å². The fraction of sp³-hybridized carbons (Fsp3) is 0.700. The standard InChI is InChI=1S/C20H35N5O7/c1-3-4-5-6-7-8-15(29)25-17(13(28)10-26)18-16(23-11(2)27)12(24-20(21)22)9-14(32-18)19(30)31/h9,12-13,16-18,26,28H,3-8,10H2,1-2H3,(H,23,27)(H,25,29)(H,30,31)(H4,21,22,24)/t12-,13+,16+,17+,18+/m0/s1. The average molecular weight is 458 g/mol. The van der Waals surface area contributed by atoms with Crippen LogP contribution < -0.4 is 22.1 Å². The molecule has 1 aliphatic rings. The highest BCUT2D eigenvalue weighted by atomic mass is 16.5. The zero-order chi connectivity index (χ0) is 24.3. The van der Waals surface area contributed by atoms with E-state index >= 15 is 0 Å². The predicted molar refractivity (Wildman–Crippen MR) is 116 cm³/mol. The molecule has 1 rings (SSSR count). The van der Waals surface area contributed by atoms with Crippen LogP contribution in [0.25, 0.3) is 0 Å². The van der Waals surface area contributed by atoms with Crippen molar-refractivity contribution in [3.8, 4) is 0 Å². The van der Waals surface area contributed by atoms with E-state index < -0.39 is 60.5 Å². The van der Waals surface area contributed by atoms with Gasteiger partial charge in [-0.15, -0.1) is 0 Å². The third-order valence-corrected chi connectivity index (χ3v) is 4.98. The normalized spacial score (nSPS) is 22.0. The van der Waals surface area contributed by atoms with Crippen LogP contribution in [0.2, 0.25) is 0 Å². The summed E-state index contributed by atoms with van der Waals surface area (Å²) in [5, 5.41) is 34.6. The molecular formula is C20H35N5O7. The number of nitrogens with two attached hydrogens (primary N) is 2. The number of aliphatic hydroxyl groups excluding tert-OH is 2. The number of amides is 2. The first-order valence-electron chi connectivity index (χ1n) is 10.7. The molecule has 0 radical (unpaired) electrons. The Bertz CT molecular complexity index is 708. The van der Waals surface area contributed by atoms with E-state index in [1.54, 1.807) is 0 Å². The number of rotatable bonds is 13. The van der Waals surface area contributed by atoms with Gasteiger partial charge < -0.3 is 42.2 Å². The fourth-order valence-corrected chi connectivity index (χ4v) is 3.48. The largest absolute Gasteiger partial charge is 0.479 e. The Balaban J connectivity index is 3.18. The Hall–Kier alpha value is -2.86. The molecule has 12 nitrogen and oxygen atoms in total. The number of carboxylic acid groups (broad SMARTS) is 1. The second kappa shape index (κ2) is 13.5. The summed E-state index contributed by atoms with van der Waals surface area (Å²) in [5.41, 5.74) is 10.9. The van der Waals surface area contributed by atoms with Crippen molar-refractivity contribution in [2.24, 2.45) is 16.5 Å². The van der Waals surface area contributed by atoms with Gasteiger partial charge in [0.25, 0.3) is 0 Å². The van der Waals surface area contributed by atoms with Gasteiger partial charge in [-0.3, -0.25) is 9.59 Å². The molecule has 0 spiro atoms. The van der Waals surface area contributed by atoms with Crippen molar-refractivity contribution in [3.05, 3.63) is 11.8 Å². The average Bonchev–Trinajstić information content (AvgIpc) is 2.71. The third-order valence-electron chi connectivity index (χ3n) is 4.98. The number of ether oxygens (including phenoxy) is 1. The highest BCUT2D eigenvalue weighted by Crippen LogP contribution is 2.25. The van der Waals surface area contributed by atoms with E-state index in [4.69, 9.17) is 16.2 Å². The van der Waals surface area contributed by atoms with Crippen molar-refractivity contribution in [1.29, 1.82) is 0 Å². The Kier molecular flexibility index (Phi) is 11.5. The Morgan fingerprint density at radius 2 is 1.88 bits per heavy atom. The van der Waals surface area contributed by atoms with Gasteiger partial charge in [-0.05, 0) is 12.5 Å².